The minimum atomic E-state index is -0.332. The first-order valence-electron chi connectivity index (χ1n) is 5.88. The molecule has 0 aromatic carbocycles. The van der Waals surface area contributed by atoms with E-state index in [-0.39, 0.29) is 5.54 Å². The molecule has 0 spiro atoms. The Morgan fingerprint density at radius 2 is 2.35 bits per heavy atom. The van der Waals surface area contributed by atoms with Crippen LogP contribution < -0.4 is 5.32 Å². The predicted octanol–water partition coefficient (Wildman–Crippen LogP) is 1.99. The molecule has 1 N–H and O–H groups in total. The molecule has 2 unspecified atom stereocenters. The molecule has 0 radical (unpaired) electrons. The highest BCUT2D eigenvalue weighted by molar-refractivity contribution is 7.99. The maximum atomic E-state index is 9.28. The van der Waals surface area contributed by atoms with Crippen LogP contribution in [0.4, 0.5) is 0 Å². The van der Waals surface area contributed by atoms with E-state index in [0.29, 0.717) is 5.25 Å². The number of hydrogen-bond acceptors (Lipinski definition) is 5. The second kappa shape index (κ2) is 5.48. The minimum Gasteiger partial charge on any atom is -0.300 e. The van der Waals surface area contributed by atoms with Gasteiger partial charge in [0.25, 0.3) is 0 Å². The highest BCUT2D eigenvalue weighted by Gasteiger charge is 2.39. The summed E-state index contributed by atoms with van der Waals surface area (Å²) in [5.41, 5.74) is -0.332. The third kappa shape index (κ3) is 2.96. The summed E-state index contributed by atoms with van der Waals surface area (Å²) in [6, 6.07) is 4.25. The average Bonchev–Trinajstić information content (AvgIpc) is 2.75. The molecular weight excluding hydrogens is 232 g/mol. The van der Waals surface area contributed by atoms with Gasteiger partial charge in [-0.2, -0.15) is 5.26 Å². The van der Waals surface area contributed by atoms with E-state index >= 15 is 0 Å². The molecule has 5 heteroatoms. The van der Waals surface area contributed by atoms with E-state index in [1.807, 2.05) is 13.0 Å². The SMILES string of the molecule is CCNC1(C#N)CCC(Sc2ncccn2)C1. The minimum absolute atomic E-state index is 0.332. The van der Waals surface area contributed by atoms with Crippen LogP contribution >= 0.6 is 11.8 Å². The molecule has 1 fully saturated rings. The van der Waals surface area contributed by atoms with Gasteiger partial charge in [-0.1, -0.05) is 18.7 Å². The van der Waals surface area contributed by atoms with Crippen LogP contribution in [-0.4, -0.2) is 27.3 Å². The Balaban J connectivity index is 1.96. The zero-order valence-electron chi connectivity index (χ0n) is 9.89. The number of hydrogen-bond donors (Lipinski definition) is 1. The molecule has 1 aliphatic rings. The van der Waals surface area contributed by atoms with E-state index in [1.54, 1.807) is 24.2 Å². The van der Waals surface area contributed by atoms with Crippen molar-refractivity contribution in [3.63, 3.8) is 0 Å². The highest BCUT2D eigenvalue weighted by atomic mass is 32.2. The van der Waals surface area contributed by atoms with E-state index in [9.17, 15) is 5.26 Å². The lowest BCUT2D eigenvalue weighted by molar-refractivity contribution is 0.436. The molecule has 1 aliphatic carbocycles. The molecule has 90 valence electrons. The Hall–Kier alpha value is -1.12. The van der Waals surface area contributed by atoms with Gasteiger partial charge in [0.15, 0.2) is 5.16 Å². The Kier molecular flexibility index (Phi) is 3.97. The third-order valence-corrected chi connectivity index (χ3v) is 4.17. The zero-order chi connectivity index (χ0) is 12.1. The molecule has 1 aromatic heterocycles. The largest absolute Gasteiger partial charge is 0.300 e. The standard InChI is InChI=1S/C12H16N4S/c1-2-16-12(9-13)5-4-10(8-12)17-11-14-6-3-7-15-11/h3,6-7,10,16H,2,4-5,8H2,1H3. The van der Waals surface area contributed by atoms with Crippen LogP contribution in [0, 0.1) is 11.3 Å². The Bertz CT molecular complexity index is 403. The Morgan fingerprint density at radius 1 is 1.59 bits per heavy atom. The molecule has 1 saturated carbocycles. The van der Waals surface area contributed by atoms with E-state index in [0.717, 1.165) is 31.0 Å². The lowest BCUT2D eigenvalue weighted by Gasteiger charge is -2.21. The number of thioether (sulfide) groups is 1. The van der Waals surface area contributed by atoms with Gasteiger partial charge < -0.3 is 0 Å². The molecule has 1 aromatic rings. The molecule has 0 bridgehead atoms. The zero-order valence-corrected chi connectivity index (χ0v) is 10.7. The molecule has 0 saturated heterocycles. The van der Waals surface area contributed by atoms with Crippen LogP contribution in [0.15, 0.2) is 23.6 Å². The fourth-order valence-corrected chi connectivity index (χ4v) is 3.38. The van der Waals surface area contributed by atoms with Crippen molar-refractivity contribution in [2.45, 2.75) is 42.1 Å². The summed E-state index contributed by atoms with van der Waals surface area (Å²) in [5.74, 6) is 0. The van der Waals surface area contributed by atoms with Gasteiger partial charge in [0, 0.05) is 17.6 Å². The molecular formula is C12H16N4S. The van der Waals surface area contributed by atoms with E-state index in [2.05, 4.69) is 21.4 Å². The molecule has 2 atom stereocenters. The number of aromatic nitrogens is 2. The third-order valence-electron chi connectivity index (χ3n) is 3.01. The van der Waals surface area contributed by atoms with Crippen LogP contribution in [0.3, 0.4) is 0 Å². The van der Waals surface area contributed by atoms with E-state index < -0.39 is 0 Å². The van der Waals surface area contributed by atoms with Crippen molar-refractivity contribution >= 4 is 11.8 Å². The first-order chi connectivity index (χ1) is 8.28. The van der Waals surface area contributed by atoms with Crippen LogP contribution in [-0.2, 0) is 0 Å². The summed E-state index contributed by atoms with van der Waals surface area (Å²) in [6.45, 7) is 2.88. The molecule has 17 heavy (non-hydrogen) atoms. The lowest BCUT2D eigenvalue weighted by Crippen LogP contribution is -2.41. The second-order valence-corrected chi connectivity index (χ2v) is 5.51. The first kappa shape index (κ1) is 12.3. The Morgan fingerprint density at radius 3 is 3.00 bits per heavy atom. The number of nitriles is 1. The summed E-state index contributed by atoms with van der Waals surface area (Å²) in [5, 5.41) is 13.8. The van der Waals surface area contributed by atoms with Crippen molar-refractivity contribution in [2.24, 2.45) is 0 Å². The van der Waals surface area contributed by atoms with Gasteiger partial charge in [-0.25, -0.2) is 9.97 Å². The van der Waals surface area contributed by atoms with Crippen LogP contribution in [0.2, 0.25) is 0 Å². The maximum absolute atomic E-state index is 9.28. The van der Waals surface area contributed by atoms with Gasteiger partial charge >= 0.3 is 0 Å². The van der Waals surface area contributed by atoms with Crippen LogP contribution in [0.25, 0.3) is 0 Å². The molecule has 1 heterocycles. The Labute approximate surface area is 106 Å². The summed E-state index contributed by atoms with van der Waals surface area (Å²) in [4.78, 5) is 8.42. The molecule has 2 rings (SSSR count). The van der Waals surface area contributed by atoms with Gasteiger partial charge in [0.2, 0.25) is 0 Å². The second-order valence-electron chi connectivity index (χ2n) is 4.24. The topological polar surface area (TPSA) is 61.6 Å². The van der Waals surface area contributed by atoms with Gasteiger partial charge in [0.05, 0.1) is 6.07 Å². The summed E-state index contributed by atoms with van der Waals surface area (Å²) in [7, 11) is 0. The molecule has 0 aliphatic heterocycles. The van der Waals surface area contributed by atoms with Crippen molar-refractivity contribution in [3.8, 4) is 6.07 Å². The van der Waals surface area contributed by atoms with Gasteiger partial charge in [0.1, 0.15) is 5.54 Å². The number of rotatable bonds is 4. The molecule has 4 nitrogen and oxygen atoms in total. The van der Waals surface area contributed by atoms with Gasteiger partial charge in [-0.15, -0.1) is 0 Å². The summed E-state index contributed by atoms with van der Waals surface area (Å²) >= 11 is 1.68. The van der Waals surface area contributed by atoms with Crippen molar-refractivity contribution in [3.05, 3.63) is 18.5 Å². The quantitative estimate of drug-likeness (QED) is 0.826. The fourth-order valence-electron chi connectivity index (χ4n) is 2.24. The van der Waals surface area contributed by atoms with Crippen molar-refractivity contribution < 1.29 is 0 Å². The smallest absolute Gasteiger partial charge is 0.187 e. The van der Waals surface area contributed by atoms with E-state index in [4.69, 9.17) is 0 Å². The van der Waals surface area contributed by atoms with Crippen molar-refractivity contribution in [1.29, 1.82) is 5.26 Å². The van der Waals surface area contributed by atoms with Gasteiger partial charge in [-0.3, -0.25) is 5.32 Å². The monoisotopic (exact) mass is 248 g/mol. The van der Waals surface area contributed by atoms with Crippen LogP contribution in [0.5, 0.6) is 0 Å². The summed E-state index contributed by atoms with van der Waals surface area (Å²) < 4.78 is 0. The van der Waals surface area contributed by atoms with Crippen LogP contribution in [0.1, 0.15) is 26.2 Å². The molecule has 0 amide bonds. The lowest BCUT2D eigenvalue weighted by atomic mass is 10.0. The normalized spacial score (nSPS) is 27.9. The first-order valence-corrected chi connectivity index (χ1v) is 6.76. The summed E-state index contributed by atoms with van der Waals surface area (Å²) in [6.07, 6.45) is 6.35. The predicted molar refractivity (Wildman–Crippen MR) is 67.5 cm³/mol. The number of nitrogens with one attached hydrogen (secondary N) is 1. The average molecular weight is 248 g/mol. The van der Waals surface area contributed by atoms with E-state index in [1.165, 1.54) is 0 Å². The fraction of sp³-hybridized carbons (Fsp3) is 0.583. The van der Waals surface area contributed by atoms with Crippen molar-refractivity contribution in [1.82, 2.24) is 15.3 Å². The number of nitrogens with zero attached hydrogens (tertiary/aromatic N) is 3. The van der Waals surface area contributed by atoms with Crippen molar-refractivity contribution in [2.75, 3.05) is 6.54 Å². The highest BCUT2D eigenvalue weighted by Crippen LogP contribution is 2.38. The maximum Gasteiger partial charge on any atom is 0.187 e. The van der Waals surface area contributed by atoms with Gasteiger partial charge in [-0.05, 0) is 31.9 Å².